The third-order valence-corrected chi connectivity index (χ3v) is 0.330. The van der Waals surface area contributed by atoms with Gasteiger partial charge in [0.1, 0.15) is 0 Å². The molecule has 0 radical (unpaired) electrons. The Kier molecular flexibility index (Phi) is 2.62. The first-order chi connectivity index (χ1) is 2.81. The Labute approximate surface area is 35.2 Å². The van der Waals surface area contributed by atoms with Gasteiger partial charge in [0.25, 0.3) is 0 Å². The number of alkyl halides is 1. The minimum atomic E-state index is -1.50. The van der Waals surface area contributed by atoms with Gasteiger partial charge >= 0.3 is 0 Å². The van der Waals surface area contributed by atoms with Gasteiger partial charge in [0.2, 0.25) is 0 Å². The van der Waals surface area contributed by atoms with E-state index in [0.717, 1.165) is 6.08 Å². The Balaban J connectivity index is 2.96. The molecule has 0 heterocycles. The largest absolute Gasteiger partial charge is 0.314 e. The van der Waals surface area contributed by atoms with E-state index in [1.165, 1.54) is 5.48 Å². The van der Waals surface area contributed by atoms with E-state index in [0.29, 0.717) is 0 Å². The fraction of sp³-hybridized carbons (Fsp3) is 0.333. The predicted molar refractivity (Wildman–Crippen MR) is 20.0 cm³/mol. The van der Waals surface area contributed by atoms with E-state index in [1.54, 1.807) is 0 Å². The molecule has 0 amide bonds. The van der Waals surface area contributed by atoms with E-state index < -0.39 is 6.30 Å². The molecule has 0 bridgehead atoms. The van der Waals surface area contributed by atoms with Crippen molar-refractivity contribution in [2.45, 2.75) is 6.30 Å². The molecule has 2 nitrogen and oxygen atoms in total. The van der Waals surface area contributed by atoms with Gasteiger partial charge in [-0.2, -0.15) is 5.48 Å². The molecule has 1 unspecified atom stereocenters. The molecule has 3 heteroatoms. The van der Waals surface area contributed by atoms with Crippen LogP contribution in [0, 0.1) is 0 Å². The van der Waals surface area contributed by atoms with Gasteiger partial charge in [-0.3, -0.25) is 0 Å². The number of hydrogen-bond donors (Lipinski definition) is 2. The van der Waals surface area contributed by atoms with Crippen LogP contribution in [-0.2, 0) is 0 Å². The van der Waals surface area contributed by atoms with Gasteiger partial charge in [0.15, 0.2) is 6.30 Å². The minimum absolute atomic E-state index is 0.944. The van der Waals surface area contributed by atoms with Crippen LogP contribution in [0.5, 0.6) is 0 Å². The standard InChI is InChI=1S/C3H6FNO/c1-2-3(4)5-6/h2-3,5-6H,1H2. The highest BCUT2D eigenvalue weighted by atomic mass is 19.1. The second kappa shape index (κ2) is 2.81. The molecule has 0 rings (SSSR count). The van der Waals surface area contributed by atoms with E-state index in [1.807, 2.05) is 0 Å². The van der Waals surface area contributed by atoms with Gasteiger partial charge in [0.05, 0.1) is 0 Å². The van der Waals surface area contributed by atoms with E-state index in [4.69, 9.17) is 5.21 Å². The van der Waals surface area contributed by atoms with Gasteiger partial charge < -0.3 is 5.21 Å². The fourth-order valence-corrected chi connectivity index (χ4v) is 0.0527. The molecule has 36 valence electrons. The van der Waals surface area contributed by atoms with E-state index in [-0.39, 0.29) is 0 Å². The van der Waals surface area contributed by atoms with Crippen LogP contribution in [0.1, 0.15) is 0 Å². The van der Waals surface area contributed by atoms with Crippen molar-refractivity contribution < 1.29 is 9.60 Å². The molecule has 0 aromatic carbocycles. The Morgan fingerprint density at radius 1 is 2.00 bits per heavy atom. The first-order valence-corrected chi connectivity index (χ1v) is 1.47. The number of hydroxylamine groups is 1. The van der Waals surface area contributed by atoms with Crippen LogP contribution in [0.25, 0.3) is 0 Å². The zero-order valence-electron chi connectivity index (χ0n) is 3.19. The van der Waals surface area contributed by atoms with Crippen molar-refractivity contribution in [3.05, 3.63) is 12.7 Å². The van der Waals surface area contributed by atoms with E-state index >= 15 is 0 Å². The summed E-state index contributed by atoms with van der Waals surface area (Å²) in [5.74, 6) is 0. The van der Waals surface area contributed by atoms with E-state index in [2.05, 4.69) is 6.58 Å². The summed E-state index contributed by atoms with van der Waals surface area (Å²) in [6.07, 6.45) is -0.551. The van der Waals surface area contributed by atoms with Crippen LogP contribution in [0.15, 0.2) is 12.7 Å². The summed E-state index contributed by atoms with van der Waals surface area (Å²) in [4.78, 5) is 0. The van der Waals surface area contributed by atoms with Gasteiger partial charge in [0, 0.05) is 0 Å². The lowest BCUT2D eigenvalue weighted by molar-refractivity contribution is 0.0857. The summed E-state index contributed by atoms with van der Waals surface area (Å²) in [5.41, 5.74) is 1.33. The van der Waals surface area contributed by atoms with Crippen molar-refractivity contribution >= 4 is 0 Å². The van der Waals surface area contributed by atoms with Gasteiger partial charge in [-0.25, -0.2) is 4.39 Å². The van der Waals surface area contributed by atoms with Crippen molar-refractivity contribution in [3.63, 3.8) is 0 Å². The Morgan fingerprint density at radius 2 is 2.50 bits per heavy atom. The monoisotopic (exact) mass is 91.0 g/mol. The number of halogens is 1. The molecule has 0 aliphatic carbocycles. The molecule has 0 fully saturated rings. The molecule has 0 saturated heterocycles. The summed E-state index contributed by atoms with van der Waals surface area (Å²) in [6, 6.07) is 0. The maximum Gasteiger partial charge on any atom is 0.190 e. The third-order valence-electron chi connectivity index (χ3n) is 0.330. The fourth-order valence-electron chi connectivity index (χ4n) is 0.0527. The molecule has 1 atom stereocenters. The van der Waals surface area contributed by atoms with Crippen LogP contribution in [-0.4, -0.2) is 11.5 Å². The summed E-state index contributed by atoms with van der Waals surface area (Å²) < 4.78 is 11.4. The van der Waals surface area contributed by atoms with Gasteiger partial charge in [-0.15, -0.1) is 0 Å². The highest BCUT2D eigenvalue weighted by Crippen LogP contribution is 1.79. The lowest BCUT2D eigenvalue weighted by Gasteiger charge is -1.91. The SMILES string of the molecule is C=CC(F)NO. The van der Waals surface area contributed by atoms with Crippen LogP contribution in [0.4, 0.5) is 4.39 Å². The Hall–Kier alpha value is -0.410. The van der Waals surface area contributed by atoms with Gasteiger partial charge in [-0.05, 0) is 6.08 Å². The molecule has 2 N–H and O–H groups in total. The molecule has 0 saturated carbocycles. The Bertz CT molecular complexity index is 48.1. The lowest BCUT2D eigenvalue weighted by atomic mass is 10.6. The zero-order chi connectivity index (χ0) is 4.99. The van der Waals surface area contributed by atoms with Crippen molar-refractivity contribution in [1.29, 1.82) is 0 Å². The van der Waals surface area contributed by atoms with E-state index in [9.17, 15) is 4.39 Å². The van der Waals surface area contributed by atoms with Crippen molar-refractivity contribution in [3.8, 4) is 0 Å². The summed E-state index contributed by atoms with van der Waals surface area (Å²) in [7, 11) is 0. The average Bonchev–Trinajstić information content (AvgIpc) is 1.65. The summed E-state index contributed by atoms with van der Waals surface area (Å²) >= 11 is 0. The van der Waals surface area contributed by atoms with Crippen molar-refractivity contribution in [2.24, 2.45) is 0 Å². The van der Waals surface area contributed by atoms with Crippen LogP contribution >= 0.6 is 0 Å². The first kappa shape index (κ1) is 5.59. The normalized spacial score (nSPS) is 13.7. The molecule has 0 aromatic heterocycles. The van der Waals surface area contributed by atoms with Crippen molar-refractivity contribution in [1.82, 2.24) is 5.48 Å². The van der Waals surface area contributed by atoms with Crippen molar-refractivity contribution in [2.75, 3.05) is 0 Å². The average molecular weight is 91.1 g/mol. The molecule has 0 spiro atoms. The van der Waals surface area contributed by atoms with Crippen LogP contribution in [0.2, 0.25) is 0 Å². The molecular formula is C3H6FNO. The number of rotatable bonds is 2. The van der Waals surface area contributed by atoms with Gasteiger partial charge in [-0.1, -0.05) is 6.58 Å². The third kappa shape index (κ3) is 1.87. The highest BCUT2D eigenvalue weighted by molar-refractivity contribution is 4.72. The summed E-state index contributed by atoms with van der Waals surface area (Å²) in [5, 5.41) is 7.64. The molecule has 0 aliphatic rings. The van der Waals surface area contributed by atoms with Crippen LogP contribution < -0.4 is 5.48 Å². The quantitative estimate of drug-likeness (QED) is 0.294. The second-order valence-electron chi connectivity index (χ2n) is 0.767. The number of nitrogens with one attached hydrogen (secondary N) is 1. The smallest absolute Gasteiger partial charge is 0.190 e. The number of hydrogen-bond acceptors (Lipinski definition) is 2. The highest BCUT2D eigenvalue weighted by Gasteiger charge is 1.89. The molecule has 6 heavy (non-hydrogen) atoms. The second-order valence-corrected chi connectivity index (χ2v) is 0.767. The Morgan fingerprint density at radius 3 is 2.50 bits per heavy atom. The predicted octanol–water partition coefficient (Wildman–Crippen LogP) is 0.447. The first-order valence-electron chi connectivity index (χ1n) is 1.47. The molecule has 0 aromatic rings. The topological polar surface area (TPSA) is 32.3 Å². The minimum Gasteiger partial charge on any atom is -0.314 e. The maximum atomic E-state index is 11.4. The summed E-state index contributed by atoms with van der Waals surface area (Å²) in [6.45, 7) is 3.03. The van der Waals surface area contributed by atoms with Crippen LogP contribution in [0.3, 0.4) is 0 Å². The maximum absolute atomic E-state index is 11.4. The molecular weight excluding hydrogens is 85.0 g/mol. The lowest BCUT2D eigenvalue weighted by Crippen LogP contribution is -2.16. The molecule has 0 aliphatic heterocycles. The zero-order valence-corrected chi connectivity index (χ0v) is 3.19.